The maximum Gasteiger partial charge on any atom is 0.260 e. The molecule has 0 aromatic heterocycles. The first-order valence-electron chi connectivity index (χ1n) is 15.4. The number of nitrogens with one attached hydrogen (secondary N) is 1. The fourth-order valence-corrected chi connectivity index (χ4v) is 8.09. The zero-order valence-electron chi connectivity index (χ0n) is 24.7. The van der Waals surface area contributed by atoms with Gasteiger partial charge < -0.3 is 15.1 Å². The molecule has 1 saturated carbocycles. The molecule has 2 saturated heterocycles. The van der Waals surface area contributed by atoms with Crippen LogP contribution in [0.1, 0.15) is 30.4 Å². The summed E-state index contributed by atoms with van der Waals surface area (Å²) in [6, 6.07) is 24.2. The van der Waals surface area contributed by atoms with Gasteiger partial charge in [0, 0.05) is 73.7 Å². The van der Waals surface area contributed by atoms with Crippen molar-refractivity contribution >= 4 is 46.9 Å². The molecule has 3 aromatic carbocycles. The largest absolute Gasteiger partial charge is 0.369 e. The van der Waals surface area contributed by atoms with Crippen molar-refractivity contribution in [1.82, 2.24) is 15.1 Å². The molecule has 3 atom stereocenters. The van der Waals surface area contributed by atoms with E-state index in [9.17, 15) is 14.0 Å². The summed E-state index contributed by atoms with van der Waals surface area (Å²) in [7, 11) is 0. The van der Waals surface area contributed by atoms with Crippen molar-refractivity contribution in [3.05, 3.63) is 106 Å². The van der Waals surface area contributed by atoms with E-state index in [1.165, 1.54) is 12.1 Å². The standard InChI is InChI=1S/C35H38ClFN4O2S/c36-28-7-4-8-30(23-28)40-19-17-39(18-20-40)16-15-38-34(42)27-11-14-32-31(22-27)41(24-26-9-12-29(37)13-10-26)35(43)33(44-32)21-25-5-2-1-3-6-25/h1-10,12-13,21,23,27,31-32H,11,14-20,22,24H2,(H,38,42)/b33-21-. The number of benzene rings is 3. The number of hydrogen-bond acceptors (Lipinski definition) is 5. The van der Waals surface area contributed by atoms with Crippen LogP contribution in [-0.4, -0.2) is 72.2 Å². The summed E-state index contributed by atoms with van der Waals surface area (Å²) in [5.41, 5.74) is 3.02. The molecule has 2 amide bonds. The van der Waals surface area contributed by atoms with E-state index in [0.717, 1.165) is 72.3 Å². The molecule has 0 radical (unpaired) electrons. The minimum absolute atomic E-state index is 0.0256. The number of hydrogen-bond donors (Lipinski definition) is 1. The second kappa shape index (κ2) is 14.2. The van der Waals surface area contributed by atoms with Gasteiger partial charge in [-0.05, 0) is 66.8 Å². The highest BCUT2D eigenvalue weighted by molar-refractivity contribution is 8.04. The van der Waals surface area contributed by atoms with E-state index in [2.05, 4.69) is 21.2 Å². The average molecular weight is 633 g/mol. The Balaban J connectivity index is 1.06. The van der Waals surface area contributed by atoms with Gasteiger partial charge in [-0.15, -0.1) is 11.8 Å². The molecule has 3 aliphatic rings. The first-order chi connectivity index (χ1) is 21.4. The highest BCUT2D eigenvalue weighted by Gasteiger charge is 2.44. The fraction of sp³-hybridized carbons (Fsp3) is 0.371. The SMILES string of the molecule is O=C(NCCN1CCN(c2cccc(Cl)c2)CC1)C1CCC2S/C(=C\c3ccccc3)C(=O)N(Cc3ccc(F)cc3)C2C1. The zero-order valence-corrected chi connectivity index (χ0v) is 26.3. The molecule has 2 aliphatic heterocycles. The molecule has 230 valence electrons. The number of fused-ring (bicyclic) bond motifs is 1. The van der Waals surface area contributed by atoms with E-state index < -0.39 is 0 Å². The third kappa shape index (κ3) is 7.48. The van der Waals surface area contributed by atoms with Gasteiger partial charge in [-0.25, -0.2) is 4.39 Å². The summed E-state index contributed by atoms with van der Waals surface area (Å²) in [4.78, 5) is 34.6. The molecule has 1 N–H and O–H groups in total. The van der Waals surface area contributed by atoms with Gasteiger partial charge >= 0.3 is 0 Å². The quantitative estimate of drug-likeness (QED) is 0.306. The van der Waals surface area contributed by atoms with Crippen LogP contribution in [0.4, 0.5) is 10.1 Å². The van der Waals surface area contributed by atoms with Crippen LogP contribution in [0.3, 0.4) is 0 Å². The number of halogens is 2. The summed E-state index contributed by atoms with van der Waals surface area (Å²) >= 11 is 7.82. The van der Waals surface area contributed by atoms with Gasteiger partial charge in [-0.1, -0.05) is 60.1 Å². The summed E-state index contributed by atoms with van der Waals surface area (Å²) in [5, 5.41) is 4.16. The summed E-state index contributed by atoms with van der Waals surface area (Å²) in [6.07, 6.45) is 4.26. The highest BCUT2D eigenvalue weighted by atomic mass is 35.5. The van der Waals surface area contributed by atoms with E-state index in [1.54, 1.807) is 23.9 Å². The van der Waals surface area contributed by atoms with E-state index in [4.69, 9.17) is 11.6 Å². The average Bonchev–Trinajstić information content (AvgIpc) is 3.04. The summed E-state index contributed by atoms with van der Waals surface area (Å²) in [5.74, 6) is -0.387. The van der Waals surface area contributed by atoms with Crippen LogP contribution >= 0.6 is 23.4 Å². The summed E-state index contributed by atoms with van der Waals surface area (Å²) in [6.45, 7) is 5.54. The predicted molar refractivity (Wildman–Crippen MR) is 177 cm³/mol. The zero-order chi connectivity index (χ0) is 30.5. The molecule has 3 aromatic rings. The van der Waals surface area contributed by atoms with Gasteiger partial charge in [0.05, 0.1) is 4.91 Å². The Hall–Kier alpha value is -3.33. The number of carbonyl (C=O) groups excluding carboxylic acids is 2. The van der Waals surface area contributed by atoms with Gasteiger partial charge in [0.25, 0.3) is 5.91 Å². The Bertz CT molecular complexity index is 1480. The van der Waals surface area contributed by atoms with Gasteiger partial charge in [-0.3, -0.25) is 14.5 Å². The van der Waals surface area contributed by atoms with Crippen LogP contribution in [0.15, 0.2) is 83.8 Å². The lowest BCUT2D eigenvalue weighted by Crippen LogP contribution is -2.54. The number of anilines is 1. The normalized spacial score (nSPS) is 23.5. The number of amides is 2. The molecule has 6 nitrogen and oxygen atoms in total. The third-order valence-electron chi connectivity index (χ3n) is 8.91. The molecule has 2 heterocycles. The lowest BCUT2D eigenvalue weighted by Gasteiger charge is -2.46. The lowest BCUT2D eigenvalue weighted by atomic mass is 9.83. The lowest BCUT2D eigenvalue weighted by molar-refractivity contribution is -0.133. The Kier molecular flexibility index (Phi) is 9.89. The molecule has 1 aliphatic carbocycles. The van der Waals surface area contributed by atoms with Crippen LogP contribution in [-0.2, 0) is 16.1 Å². The van der Waals surface area contributed by atoms with E-state index >= 15 is 0 Å². The van der Waals surface area contributed by atoms with E-state index in [0.29, 0.717) is 19.5 Å². The van der Waals surface area contributed by atoms with Gasteiger partial charge in [0.2, 0.25) is 5.91 Å². The molecular formula is C35H38ClFN4O2S. The monoisotopic (exact) mass is 632 g/mol. The molecular weight excluding hydrogens is 595 g/mol. The second-order valence-corrected chi connectivity index (χ2v) is 13.5. The van der Waals surface area contributed by atoms with Gasteiger partial charge in [0.15, 0.2) is 0 Å². The number of piperazine rings is 1. The Labute approximate surface area is 268 Å². The number of carbonyl (C=O) groups is 2. The molecule has 3 unspecified atom stereocenters. The van der Waals surface area contributed by atoms with Crippen molar-refractivity contribution in [3.63, 3.8) is 0 Å². The molecule has 0 spiro atoms. The van der Waals surface area contributed by atoms with Crippen LogP contribution < -0.4 is 10.2 Å². The highest BCUT2D eigenvalue weighted by Crippen LogP contribution is 2.44. The first kappa shape index (κ1) is 30.7. The van der Waals surface area contributed by atoms with Crippen molar-refractivity contribution in [3.8, 4) is 0 Å². The third-order valence-corrected chi connectivity index (χ3v) is 10.5. The van der Waals surface area contributed by atoms with E-state index in [-0.39, 0.29) is 34.8 Å². The van der Waals surface area contributed by atoms with Crippen LogP contribution in [0.5, 0.6) is 0 Å². The van der Waals surface area contributed by atoms with Crippen molar-refractivity contribution in [2.45, 2.75) is 37.1 Å². The van der Waals surface area contributed by atoms with Crippen molar-refractivity contribution in [2.75, 3.05) is 44.2 Å². The number of nitrogens with zero attached hydrogens (tertiary/aromatic N) is 3. The van der Waals surface area contributed by atoms with Gasteiger partial charge in [-0.2, -0.15) is 0 Å². The van der Waals surface area contributed by atoms with Gasteiger partial charge in [0.1, 0.15) is 5.82 Å². The molecule has 3 fully saturated rings. The second-order valence-electron chi connectivity index (χ2n) is 11.8. The molecule has 44 heavy (non-hydrogen) atoms. The fourth-order valence-electron chi connectivity index (χ4n) is 6.48. The van der Waals surface area contributed by atoms with Crippen LogP contribution in [0, 0.1) is 11.7 Å². The Morgan fingerprint density at radius 3 is 2.50 bits per heavy atom. The topological polar surface area (TPSA) is 55.9 Å². The predicted octanol–water partition coefficient (Wildman–Crippen LogP) is 6.07. The maximum absolute atomic E-state index is 13.9. The molecule has 9 heteroatoms. The smallest absolute Gasteiger partial charge is 0.260 e. The Morgan fingerprint density at radius 2 is 1.75 bits per heavy atom. The molecule has 6 rings (SSSR count). The van der Waals surface area contributed by atoms with Crippen LogP contribution in [0.25, 0.3) is 6.08 Å². The van der Waals surface area contributed by atoms with E-state index in [1.807, 2.05) is 59.5 Å². The van der Waals surface area contributed by atoms with Crippen molar-refractivity contribution in [1.29, 1.82) is 0 Å². The van der Waals surface area contributed by atoms with Crippen LogP contribution in [0.2, 0.25) is 5.02 Å². The minimum Gasteiger partial charge on any atom is -0.369 e. The van der Waals surface area contributed by atoms with Crippen molar-refractivity contribution < 1.29 is 14.0 Å². The molecule has 0 bridgehead atoms. The summed E-state index contributed by atoms with van der Waals surface area (Å²) < 4.78 is 13.6. The first-order valence-corrected chi connectivity index (χ1v) is 16.7. The number of rotatable bonds is 8. The Morgan fingerprint density at radius 1 is 0.977 bits per heavy atom. The number of thioether (sulfide) groups is 1. The maximum atomic E-state index is 13.9. The minimum atomic E-state index is -0.297. The van der Waals surface area contributed by atoms with Crippen molar-refractivity contribution in [2.24, 2.45) is 5.92 Å².